The van der Waals surface area contributed by atoms with Crippen molar-refractivity contribution in [2.45, 2.75) is 0 Å². The van der Waals surface area contributed by atoms with E-state index in [9.17, 15) is 4.79 Å². The van der Waals surface area contributed by atoms with Crippen LogP contribution in [0, 0.1) is 0 Å². The van der Waals surface area contributed by atoms with Gasteiger partial charge < -0.3 is 11.5 Å². The molecule has 0 atom stereocenters. The van der Waals surface area contributed by atoms with Gasteiger partial charge in [-0.2, -0.15) is 0 Å². The van der Waals surface area contributed by atoms with Gasteiger partial charge in [0.1, 0.15) is 16.5 Å². The topological polar surface area (TPSA) is 94.4 Å². The Morgan fingerprint density at radius 3 is 2.39 bits per heavy atom. The van der Waals surface area contributed by atoms with Gasteiger partial charge in [0.05, 0.1) is 10.6 Å². The number of carbonyl (C=O) groups excluding carboxylic acids is 1. The molecule has 23 heavy (non-hydrogen) atoms. The molecule has 0 aliphatic carbocycles. The fourth-order valence-corrected chi connectivity index (χ4v) is 3.26. The van der Waals surface area contributed by atoms with Gasteiger partial charge in [-0.15, -0.1) is 35.1 Å². The number of nitrogens with zero attached hydrogens (tertiary/aromatic N) is 2. The highest BCUT2D eigenvalue weighted by Gasteiger charge is 2.08. The molecule has 2 aromatic heterocycles. The largest absolute Gasteiger partial charge is 0.383 e. The number of amides is 1. The van der Waals surface area contributed by atoms with E-state index in [4.69, 9.17) is 11.5 Å². The van der Waals surface area contributed by atoms with Crippen molar-refractivity contribution in [3.63, 3.8) is 0 Å². The Labute approximate surface area is 147 Å². The Balaban J connectivity index is 0.00000192. The minimum absolute atomic E-state index is 0. The van der Waals surface area contributed by atoms with E-state index in [0.717, 1.165) is 21.1 Å². The number of nitrogens with two attached hydrogens (primary N) is 2. The molecule has 0 bridgehead atoms. The Morgan fingerprint density at radius 1 is 1.09 bits per heavy atom. The van der Waals surface area contributed by atoms with E-state index >= 15 is 0 Å². The fraction of sp³-hybridized carbons (Fsp3) is 0. The molecular formula is C15H13ClN4OS2. The molecule has 5 nitrogen and oxygen atoms in total. The summed E-state index contributed by atoms with van der Waals surface area (Å²) in [4.78, 5) is 20.6. The average Bonchev–Trinajstić information content (AvgIpc) is 3.20. The normalized spacial score (nSPS) is 11.0. The molecule has 1 aromatic carbocycles. The van der Waals surface area contributed by atoms with Crippen LogP contribution in [0.25, 0.3) is 10.6 Å². The molecule has 0 saturated carbocycles. The lowest BCUT2D eigenvalue weighted by molar-refractivity contribution is 0.0996. The van der Waals surface area contributed by atoms with Crippen molar-refractivity contribution in [1.29, 1.82) is 0 Å². The van der Waals surface area contributed by atoms with Gasteiger partial charge in [-0.1, -0.05) is 6.07 Å². The van der Waals surface area contributed by atoms with Crippen LogP contribution < -0.4 is 11.5 Å². The van der Waals surface area contributed by atoms with Crippen molar-refractivity contribution >= 4 is 52.5 Å². The Bertz CT molecular complexity index is 826. The van der Waals surface area contributed by atoms with Gasteiger partial charge in [0.2, 0.25) is 0 Å². The molecule has 0 fully saturated rings. The first-order chi connectivity index (χ1) is 10.6. The number of aliphatic imine (C=N–C) groups is 1. The molecule has 8 heteroatoms. The third-order valence-corrected chi connectivity index (χ3v) is 4.68. The third kappa shape index (κ3) is 3.95. The van der Waals surface area contributed by atoms with E-state index in [1.807, 2.05) is 41.8 Å². The molecule has 1 amide bonds. The van der Waals surface area contributed by atoms with Crippen LogP contribution in [-0.2, 0) is 0 Å². The second-order valence-electron chi connectivity index (χ2n) is 4.42. The standard InChI is InChI=1S/C15H12N4OS2.ClH/c16-13(12-2-1-7-21-12)18-10-5-3-9(4-6-10)15-19-11(8-22-15)14(17)20;/h1-8H,(H2,16,18)(H2,17,20);1H. The molecule has 4 N–H and O–H groups in total. The molecule has 3 rings (SSSR count). The monoisotopic (exact) mass is 364 g/mol. The average molecular weight is 365 g/mol. The zero-order valence-corrected chi connectivity index (χ0v) is 14.3. The molecule has 0 spiro atoms. The maximum absolute atomic E-state index is 11.1. The van der Waals surface area contributed by atoms with Crippen LogP contribution in [0.2, 0.25) is 0 Å². The number of carbonyl (C=O) groups is 1. The molecule has 3 aromatic rings. The molecule has 0 aliphatic heterocycles. The summed E-state index contributed by atoms with van der Waals surface area (Å²) < 4.78 is 0. The minimum Gasteiger partial charge on any atom is -0.383 e. The first-order valence-electron chi connectivity index (χ1n) is 6.37. The Morgan fingerprint density at radius 2 is 1.83 bits per heavy atom. The van der Waals surface area contributed by atoms with Crippen LogP contribution in [0.1, 0.15) is 15.4 Å². The summed E-state index contributed by atoms with van der Waals surface area (Å²) in [7, 11) is 0. The highest BCUT2D eigenvalue weighted by Crippen LogP contribution is 2.26. The summed E-state index contributed by atoms with van der Waals surface area (Å²) in [6.07, 6.45) is 0. The van der Waals surface area contributed by atoms with Gasteiger partial charge in [-0.25, -0.2) is 9.98 Å². The summed E-state index contributed by atoms with van der Waals surface area (Å²) in [5, 5.41) is 4.36. The van der Waals surface area contributed by atoms with E-state index in [1.165, 1.54) is 11.3 Å². The minimum atomic E-state index is -0.521. The first kappa shape index (κ1) is 17.1. The molecule has 0 saturated heterocycles. The van der Waals surface area contributed by atoms with Crippen molar-refractivity contribution in [1.82, 2.24) is 4.98 Å². The number of aromatic nitrogens is 1. The van der Waals surface area contributed by atoms with Crippen molar-refractivity contribution in [3.8, 4) is 10.6 Å². The zero-order valence-electron chi connectivity index (χ0n) is 11.8. The highest BCUT2D eigenvalue weighted by atomic mass is 35.5. The SMILES string of the molecule is Cl.NC(=O)c1csc(-c2ccc(N=C(N)c3cccs3)cc2)n1. The number of halogens is 1. The van der Waals surface area contributed by atoms with Crippen LogP contribution >= 0.6 is 35.1 Å². The van der Waals surface area contributed by atoms with E-state index in [0.29, 0.717) is 5.84 Å². The number of hydrogen-bond acceptors (Lipinski definition) is 5. The molecule has 0 aliphatic rings. The smallest absolute Gasteiger partial charge is 0.268 e. The lowest BCUT2D eigenvalue weighted by atomic mass is 10.2. The predicted octanol–water partition coefficient (Wildman–Crippen LogP) is 3.43. The lowest BCUT2D eigenvalue weighted by Gasteiger charge is -2.00. The molecule has 2 heterocycles. The molecule has 0 unspecified atom stereocenters. The number of thiazole rings is 1. The quantitative estimate of drug-likeness (QED) is 0.548. The summed E-state index contributed by atoms with van der Waals surface area (Å²) in [6.45, 7) is 0. The van der Waals surface area contributed by atoms with Crippen LogP contribution in [0.4, 0.5) is 5.69 Å². The predicted molar refractivity (Wildman–Crippen MR) is 98.0 cm³/mol. The van der Waals surface area contributed by atoms with Gasteiger partial charge in [0, 0.05) is 10.9 Å². The van der Waals surface area contributed by atoms with Crippen molar-refractivity contribution in [2.75, 3.05) is 0 Å². The summed E-state index contributed by atoms with van der Waals surface area (Å²) in [6, 6.07) is 11.4. The second-order valence-corrected chi connectivity index (χ2v) is 6.23. The van der Waals surface area contributed by atoms with Crippen LogP contribution in [0.15, 0.2) is 52.2 Å². The number of thiophene rings is 1. The number of hydrogen-bond donors (Lipinski definition) is 2. The van der Waals surface area contributed by atoms with E-state index in [1.54, 1.807) is 16.7 Å². The lowest BCUT2D eigenvalue weighted by Crippen LogP contribution is -2.10. The van der Waals surface area contributed by atoms with Crippen molar-refractivity contribution in [3.05, 3.63) is 57.7 Å². The van der Waals surface area contributed by atoms with Gasteiger partial charge in [0.25, 0.3) is 5.91 Å². The van der Waals surface area contributed by atoms with E-state index in [-0.39, 0.29) is 18.1 Å². The second kappa shape index (κ2) is 7.36. The number of rotatable bonds is 4. The third-order valence-electron chi connectivity index (χ3n) is 2.89. The van der Waals surface area contributed by atoms with E-state index in [2.05, 4.69) is 9.98 Å². The fourth-order valence-electron chi connectivity index (χ4n) is 1.82. The number of primary amides is 1. The van der Waals surface area contributed by atoms with Crippen molar-refractivity contribution in [2.24, 2.45) is 16.5 Å². The first-order valence-corrected chi connectivity index (χ1v) is 8.13. The van der Waals surface area contributed by atoms with Crippen LogP contribution in [0.3, 0.4) is 0 Å². The maximum atomic E-state index is 11.1. The molecular weight excluding hydrogens is 352 g/mol. The zero-order chi connectivity index (χ0) is 15.5. The summed E-state index contributed by atoms with van der Waals surface area (Å²) in [5.74, 6) is -0.0274. The summed E-state index contributed by atoms with van der Waals surface area (Å²) >= 11 is 2.93. The van der Waals surface area contributed by atoms with Gasteiger partial charge in [-0.3, -0.25) is 4.79 Å². The van der Waals surface area contributed by atoms with Crippen LogP contribution in [-0.4, -0.2) is 16.7 Å². The molecule has 0 radical (unpaired) electrons. The van der Waals surface area contributed by atoms with E-state index < -0.39 is 5.91 Å². The van der Waals surface area contributed by atoms with Gasteiger partial charge in [0.15, 0.2) is 0 Å². The number of amidine groups is 1. The van der Waals surface area contributed by atoms with Crippen LogP contribution in [0.5, 0.6) is 0 Å². The number of benzene rings is 1. The summed E-state index contributed by atoms with van der Waals surface area (Å²) in [5.41, 5.74) is 13.1. The van der Waals surface area contributed by atoms with Crippen molar-refractivity contribution < 1.29 is 4.79 Å². The molecule has 118 valence electrons. The highest BCUT2D eigenvalue weighted by molar-refractivity contribution is 7.13. The van der Waals surface area contributed by atoms with Gasteiger partial charge in [-0.05, 0) is 35.7 Å². The maximum Gasteiger partial charge on any atom is 0.268 e. The Hall–Kier alpha value is -2.22. The Kier molecular flexibility index (Phi) is 5.49. The van der Waals surface area contributed by atoms with Gasteiger partial charge >= 0.3 is 0 Å².